The zero-order chi connectivity index (χ0) is 10.9. The van der Waals surface area contributed by atoms with Gasteiger partial charge in [-0.1, -0.05) is 12.1 Å². The molecule has 0 aromatic heterocycles. The molecule has 0 unspecified atom stereocenters. The highest BCUT2D eigenvalue weighted by Gasteiger charge is 2.45. The molecule has 0 spiro atoms. The molecule has 1 aromatic carbocycles. The Morgan fingerprint density at radius 1 is 1.27 bits per heavy atom. The van der Waals surface area contributed by atoms with E-state index in [0.29, 0.717) is 0 Å². The Bertz CT molecular complexity index is 352. The van der Waals surface area contributed by atoms with Gasteiger partial charge in [0.1, 0.15) is 0 Å². The smallest absolute Gasteiger partial charge is 0.309 e. The van der Waals surface area contributed by atoms with Gasteiger partial charge in [-0.15, -0.1) is 0 Å². The van der Waals surface area contributed by atoms with E-state index >= 15 is 0 Å². The summed E-state index contributed by atoms with van der Waals surface area (Å²) in [5, 5.41) is -0.696. The first-order chi connectivity index (χ1) is 7.27. The number of hydrogen-bond acceptors (Lipinski definition) is 4. The number of thioether (sulfide) groups is 1. The summed E-state index contributed by atoms with van der Waals surface area (Å²) in [4.78, 5) is 3.32. The van der Waals surface area contributed by atoms with E-state index in [9.17, 15) is 0 Å². The van der Waals surface area contributed by atoms with Crippen molar-refractivity contribution in [2.75, 3.05) is 25.7 Å². The first-order valence-electron chi connectivity index (χ1n) is 4.93. The monoisotopic (exact) mass is 225 g/mol. The van der Waals surface area contributed by atoms with Gasteiger partial charge < -0.3 is 14.4 Å². The number of methoxy groups -OCH3 is 2. The fourth-order valence-corrected chi connectivity index (χ4v) is 3.07. The second-order valence-electron chi connectivity index (χ2n) is 3.25. The van der Waals surface area contributed by atoms with Crippen molar-refractivity contribution >= 4 is 17.4 Å². The van der Waals surface area contributed by atoms with Crippen LogP contribution in [0.1, 0.15) is 6.92 Å². The molecule has 0 saturated carbocycles. The number of hydrogen-bond donors (Lipinski definition) is 0. The van der Waals surface area contributed by atoms with Crippen LogP contribution in [-0.4, -0.2) is 26.0 Å². The number of benzene rings is 1. The standard InChI is InChI=1S/C11H15NO2S/c1-4-12-9-7-5-6-8-10(9)15-11(12,13-2)14-3/h5-8H,4H2,1-3H3. The lowest BCUT2D eigenvalue weighted by Crippen LogP contribution is -2.46. The fraction of sp³-hybridized carbons (Fsp3) is 0.455. The summed E-state index contributed by atoms with van der Waals surface area (Å²) < 4.78 is 11.0. The van der Waals surface area contributed by atoms with E-state index in [1.165, 1.54) is 10.6 Å². The Morgan fingerprint density at radius 3 is 2.53 bits per heavy atom. The van der Waals surface area contributed by atoms with Crippen molar-refractivity contribution in [2.24, 2.45) is 0 Å². The lowest BCUT2D eigenvalue weighted by Gasteiger charge is -2.34. The third-order valence-corrected chi connectivity index (χ3v) is 3.93. The van der Waals surface area contributed by atoms with E-state index in [1.807, 2.05) is 12.1 Å². The maximum absolute atomic E-state index is 5.50. The molecule has 82 valence electrons. The van der Waals surface area contributed by atoms with Crippen LogP contribution in [0.25, 0.3) is 0 Å². The molecule has 15 heavy (non-hydrogen) atoms. The van der Waals surface area contributed by atoms with Gasteiger partial charge in [0.2, 0.25) is 0 Å². The van der Waals surface area contributed by atoms with Crippen molar-refractivity contribution in [3.05, 3.63) is 24.3 Å². The van der Waals surface area contributed by atoms with E-state index in [4.69, 9.17) is 9.47 Å². The first kappa shape index (κ1) is 10.8. The number of fused-ring (bicyclic) bond motifs is 1. The molecule has 1 aromatic rings. The minimum Gasteiger partial charge on any atom is -0.327 e. The average Bonchev–Trinajstić information content (AvgIpc) is 2.62. The van der Waals surface area contributed by atoms with Crippen molar-refractivity contribution in [2.45, 2.75) is 17.1 Å². The largest absolute Gasteiger partial charge is 0.327 e. The summed E-state index contributed by atoms with van der Waals surface area (Å²) >= 11 is 1.60. The van der Waals surface area contributed by atoms with E-state index in [-0.39, 0.29) is 0 Å². The Hall–Kier alpha value is -0.710. The maximum Gasteiger partial charge on any atom is 0.309 e. The molecular formula is C11H15NO2S. The van der Waals surface area contributed by atoms with Crippen LogP contribution < -0.4 is 4.90 Å². The number of para-hydroxylation sites is 1. The van der Waals surface area contributed by atoms with Gasteiger partial charge in [0, 0.05) is 25.7 Å². The van der Waals surface area contributed by atoms with Crippen LogP contribution in [0.2, 0.25) is 0 Å². The number of anilines is 1. The van der Waals surface area contributed by atoms with Gasteiger partial charge >= 0.3 is 5.24 Å². The molecule has 0 atom stereocenters. The number of ether oxygens (including phenoxy) is 2. The molecule has 0 aliphatic carbocycles. The molecule has 0 amide bonds. The molecule has 0 radical (unpaired) electrons. The van der Waals surface area contributed by atoms with Crippen molar-refractivity contribution in [1.82, 2.24) is 0 Å². The van der Waals surface area contributed by atoms with Gasteiger partial charge in [-0.05, 0) is 30.8 Å². The summed E-state index contributed by atoms with van der Waals surface area (Å²) in [6.07, 6.45) is 0. The van der Waals surface area contributed by atoms with Gasteiger partial charge in [0.25, 0.3) is 0 Å². The predicted molar refractivity (Wildman–Crippen MR) is 62.1 cm³/mol. The van der Waals surface area contributed by atoms with Crippen molar-refractivity contribution < 1.29 is 9.47 Å². The van der Waals surface area contributed by atoms with Crippen LogP contribution in [0.15, 0.2) is 29.2 Å². The maximum atomic E-state index is 5.50. The Labute approximate surface area is 94.4 Å². The third kappa shape index (κ3) is 1.53. The summed E-state index contributed by atoms with van der Waals surface area (Å²) in [7, 11) is 3.34. The van der Waals surface area contributed by atoms with E-state index in [0.717, 1.165) is 6.54 Å². The number of nitrogens with zero attached hydrogens (tertiary/aromatic N) is 1. The highest BCUT2D eigenvalue weighted by molar-refractivity contribution is 8.01. The molecule has 0 bridgehead atoms. The lowest BCUT2D eigenvalue weighted by atomic mass is 10.3. The Balaban J connectivity index is 2.44. The quantitative estimate of drug-likeness (QED) is 0.737. The zero-order valence-corrected chi connectivity index (χ0v) is 10.0. The second kappa shape index (κ2) is 4.04. The van der Waals surface area contributed by atoms with Crippen LogP contribution in [0.5, 0.6) is 0 Å². The molecule has 0 N–H and O–H groups in total. The molecule has 1 heterocycles. The predicted octanol–water partition coefficient (Wildman–Crippen LogP) is 2.52. The summed E-state index contributed by atoms with van der Waals surface area (Å²) in [5.41, 5.74) is 1.17. The molecule has 1 aliphatic heterocycles. The summed E-state index contributed by atoms with van der Waals surface area (Å²) in [5.74, 6) is 0. The highest BCUT2D eigenvalue weighted by atomic mass is 32.2. The minimum absolute atomic E-state index is 0.696. The SMILES string of the molecule is CCN1c2ccccc2SC1(OC)OC. The average molecular weight is 225 g/mol. The third-order valence-electron chi connectivity index (χ3n) is 2.56. The normalized spacial score (nSPS) is 17.9. The van der Waals surface area contributed by atoms with Gasteiger partial charge in [0.15, 0.2) is 0 Å². The first-order valence-corrected chi connectivity index (χ1v) is 5.75. The second-order valence-corrected chi connectivity index (χ2v) is 4.41. The molecule has 1 aliphatic rings. The van der Waals surface area contributed by atoms with Crippen LogP contribution in [0, 0.1) is 0 Å². The van der Waals surface area contributed by atoms with Crippen molar-refractivity contribution in [3.8, 4) is 0 Å². The lowest BCUT2D eigenvalue weighted by molar-refractivity contribution is -0.131. The Kier molecular flexibility index (Phi) is 2.91. The van der Waals surface area contributed by atoms with Crippen LogP contribution in [-0.2, 0) is 9.47 Å². The zero-order valence-electron chi connectivity index (χ0n) is 9.19. The highest BCUT2D eigenvalue weighted by Crippen LogP contribution is 2.50. The van der Waals surface area contributed by atoms with Gasteiger partial charge in [0.05, 0.1) is 5.69 Å². The molecule has 0 saturated heterocycles. The van der Waals surface area contributed by atoms with Crippen molar-refractivity contribution in [3.63, 3.8) is 0 Å². The van der Waals surface area contributed by atoms with Crippen LogP contribution in [0.4, 0.5) is 5.69 Å². The van der Waals surface area contributed by atoms with Gasteiger partial charge in [-0.2, -0.15) is 0 Å². The van der Waals surface area contributed by atoms with Gasteiger partial charge in [-0.25, -0.2) is 0 Å². The summed E-state index contributed by atoms with van der Waals surface area (Å²) in [6, 6.07) is 8.23. The van der Waals surface area contributed by atoms with Gasteiger partial charge in [-0.3, -0.25) is 0 Å². The fourth-order valence-electron chi connectivity index (χ4n) is 1.86. The minimum atomic E-state index is -0.696. The molecule has 3 nitrogen and oxygen atoms in total. The van der Waals surface area contributed by atoms with Crippen LogP contribution >= 0.6 is 11.8 Å². The molecule has 0 fully saturated rings. The van der Waals surface area contributed by atoms with E-state index < -0.39 is 5.24 Å². The molecule has 2 rings (SSSR count). The van der Waals surface area contributed by atoms with Crippen LogP contribution in [0.3, 0.4) is 0 Å². The Morgan fingerprint density at radius 2 is 1.93 bits per heavy atom. The number of rotatable bonds is 3. The topological polar surface area (TPSA) is 21.7 Å². The van der Waals surface area contributed by atoms with E-state index in [1.54, 1.807) is 26.0 Å². The molecular weight excluding hydrogens is 210 g/mol. The molecule has 4 heteroatoms. The van der Waals surface area contributed by atoms with Crippen molar-refractivity contribution in [1.29, 1.82) is 0 Å². The summed E-state index contributed by atoms with van der Waals surface area (Å²) in [6.45, 7) is 2.95. The van der Waals surface area contributed by atoms with E-state index in [2.05, 4.69) is 24.0 Å².